The van der Waals surface area contributed by atoms with Crippen molar-refractivity contribution >= 4 is 22.9 Å². The maximum Gasteiger partial charge on any atom is 0.273 e. The molecule has 2 aliphatic rings. The summed E-state index contributed by atoms with van der Waals surface area (Å²) in [7, 11) is 0. The van der Waals surface area contributed by atoms with Gasteiger partial charge in [0.15, 0.2) is 11.6 Å². The first-order valence-corrected chi connectivity index (χ1v) is 12.5. The fraction of sp³-hybridized carbons (Fsp3) is 0.500. The molecule has 6 nitrogen and oxygen atoms in total. The first-order valence-electron chi connectivity index (χ1n) is 12.5. The van der Waals surface area contributed by atoms with E-state index in [0.717, 1.165) is 42.5 Å². The third-order valence-corrected chi connectivity index (χ3v) is 7.22. The highest BCUT2D eigenvalue weighted by Crippen LogP contribution is 2.38. The highest BCUT2D eigenvalue weighted by Gasteiger charge is 2.24. The standard InChI is InChI=1S/C14H17NO3.C14H19NO/c1-10(16)12-7-8-13(14(9-12)15(17)18)11-5-3-2-4-6-11;1-10(16)12-7-8-13(14(15)9-12)11-5-3-2-4-6-11/h7-9,11H,2-6H2,1H3;7-9,11H,2-6,15H2,1H3. The molecule has 0 heterocycles. The lowest BCUT2D eigenvalue weighted by atomic mass is 9.83. The van der Waals surface area contributed by atoms with Crippen LogP contribution in [0.15, 0.2) is 36.4 Å². The number of Topliss-reactive ketones (excluding diaryl/α,β-unsaturated/α-hetero) is 2. The number of carbonyl (C=O) groups excluding carboxylic acids is 2. The van der Waals surface area contributed by atoms with Gasteiger partial charge in [0, 0.05) is 28.4 Å². The Hall–Kier alpha value is -3.02. The number of ketones is 2. The number of nitro groups is 1. The van der Waals surface area contributed by atoms with Crippen molar-refractivity contribution in [2.24, 2.45) is 0 Å². The van der Waals surface area contributed by atoms with Crippen LogP contribution in [0, 0.1) is 10.1 Å². The molecule has 4 rings (SSSR count). The molecule has 0 atom stereocenters. The lowest BCUT2D eigenvalue weighted by Gasteiger charge is -2.23. The molecule has 2 fully saturated rings. The van der Waals surface area contributed by atoms with E-state index in [9.17, 15) is 19.7 Å². The van der Waals surface area contributed by atoms with E-state index in [1.807, 2.05) is 18.2 Å². The van der Waals surface area contributed by atoms with Gasteiger partial charge in [0.2, 0.25) is 0 Å². The van der Waals surface area contributed by atoms with E-state index in [0.29, 0.717) is 11.5 Å². The number of rotatable bonds is 5. The van der Waals surface area contributed by atoms with Crippen LogP contribution in [0.3, 0.4) is 0 Å². The number of anilines is 1. The molecular weight excluding hydrogens is 428 g/mol. The van der Waals surface area contributed by atoms with Gasteiger partial charge in [-0.25, -0.2) is 0 Å². The van der Waals surface area contributed by atoms with Crippen molar-refractivity contribution in [3.8, 4) is 0 Å². The Morgan fingerprint density at radius 3 is 1.65 bits per heavy atom. The molecule has 0 saturated heterocycles. The molecule has 2 aromatic carbocycles. The maximum absolute atomic E-state index is 11.3. The van der Waals surface area contributed by atoms with Crippen molar-refractivity contribution < 1.29 is 14.5 Å². The van der Waals surface area contributed by atoms with Crippen molar-refractivity contribution in [3.63, 3.8) is 0 Å². The van der Waals surface area contributed by atoms with Crippen LogP contribution in [0.1, 0.15) is 122 Å². The molecular formula is C28H36N2O4. The third-order valence-electron chi connectivity index (χ3n) is 7.22. The number of nitro benzene ring substituents is 1. The van der Waals surface area contributed by atoms with Crippen LogP contribution in [0.5, 0.6) is 0 Å². The zero-order chi connectivity index (χ0) is 24.7. The summed E-state index contributed by atoms with van der Waals surface area (Å²) in [5, 5.41) is 11.1. The van der Waals surface area contributed by atoms with Gasteiger partial charge in [-0.2, -0.15) is 0 Å². The van der Waals surface area contributed by atoms with Gasteiger partial charge in [0.1, 0.15) is 0 Å². The zero-order valence-electron chi connectivity index (χ0n) is 20.3. The number of carbonyl (C=O) groups is 2. The Morgan fingerprint density at radius 1 is 0.765 bits per heavy atom. The molecule has 0 aromatic heterocycles. The van der Waals surface area contributed by atoms with Crippen LogP contribution >= 0.6 is 0 Å². The summed E-state index contributed by atoms with van der Waals surface area (Å²) >= 11 is 0. The van der Waals surface area contributed by atoms with E-state index in [2.05, 4.69) is 0 Å². The minimum Gasteiger partial charge on any atom is -0.398 e. The van der Waals surface area contributed by atoms with Crippen LogP contribution < -0.4 is 5.73 Å². The van der Waals surface area contributed by atoms with Gasteiger partial charge < -0.3 is 5.73 Å². The Kier molecular flexibility index (Phi) is 8.97. The van der Waals surface area contributed by atoms with E-state index in [1.54, 1.807) is 19.1 Å². The van der Waals surface area contributed by atoms with E-state index in [4.69, 9.17) is 5.73 Å². The average molecular weight is 465 g/mol. The Labute approximate surface area is 202 Å². The van der Waals surface area contributed by atoms with Gasteiger partial charge in [-0.1, -0.05) is 62.8 Å². The number of nitrogen functional groups attached to an aromatic ring is 1. The average Bonchev–Trinajstić information content (AvgIpc) is 2.85. The number of benzene rings is 2. The summed E-state index contributed by atoms with van der Waals surface area (Å²) in [5.41, 5.74) is 10.1. The van der Waals surface area contributed by atoms with Gasteiger partial charge in [-0.05, 0) is 63.0 Å². The largest absolute Gasteiger partial charge is 0.398 e. The van der Waals surface area contributed by atoms with E-state index >= 15 is 0 Å². The van der Waals surface area contributed by atoms with Crippen LogP contribution in [0.2, 0.25) is 0 Å². The second kappa shape index (κ2) is 11.9. The predicted octanol–water partition coefficient (Wildman–Crippen LogP) is 7.36. The number of nitrogens with zero attached hydrogens (tertiary/aromatic N) is 1. The quantitative estimate of drug-likeness (QED) is 0.215. The smallest absolute Gasteiger partial charge is 0.273 e. The summed E-state index contributed by atoms with van der Waals surface area (Å²) in [6, 6.07) is 10.7. The predicted molar refractivity (Wildman–Crippen MR) is 136 cm³/mol. The SMILES string of the molecule is CC(=O)c1ccc(C2CCCCC2)c(N)c1.CC(=O)c1ccc(C2CCCCC2)c([N+](=O)[O-])c1. The number of nitrogens with two attached hydrogens (primary N) is 1. The Balaban J connectivity index is 0.000000192. The van der Waals surface area contributed by atoms with Crippen molar-refractivity contribution in [1.29, 1.82) is 0 Å². The minimum atomic E-state index is -0.365. The van der Waals surface area contributed by atoms with Crippen LogP contribution in [0.4, 0.5) is 11.4 Å². The molecule has 2 aliphatic carbocycles. The molecule has 0 radical (unpaired) electrons. The van der Waals surface area contributed by atoms with E-state index in [1.165, 1.54) is 57.1 Å². The molecule has 34 heavy (non-hydrogen) atoms. The van der Waals surface area contributed by atoms with Gasteiger partial charge in [-0.15, -0.1) is 0 Å². The number of hydrogen-bond acceptors (Lipinski definition) is 5. The molecule has 0 bridgehead atoms. The molecule has 182 valence electrons. The highest BCUT2D eigenvalue weighted by molar-refractivity contribution is 5.95. The molecule has 6 heteroatoms. The molecule has 2 aromatic rings. The Morgan fingerprint density at radius 2 is 1.21 bits per heavy atom. The summed E-state index contributed by atoms with van der Waals surface area (Å²) in [5.74, 6) is 0.838. The normalized spacial score (nSPS) is 16.9. The van der Waals surface area contributed by atoms with E-state index in [-0.39, 0.29) is 28.1 Å². The molecule has 2 saturated carbocycles. The first-order chi connectivity index (χ1) is 16.3. The second-order valence-electron chi connectivity index (χ2n) is 9.66. The topological polar surface area (TPSA) is 103 Å². The summed E-state index contributed by atoms with van der Waals surface area (Å²) in [6.07, 6.45) is 12.0. The molecule has 0 unspecified atom stereocenters. The van der Waals surface area contributed by atoms with Crippen molar-refractivity contribution in [2.75, 3.05) is 5.73 Å². The van der Waals surface area contributed by atoms with Gasteiger partial charge in [-0.3, -0.25) is 19.7 Å². The van der Waals surface area contributed by atoms with Gasteiger partial charge in [0.25, 0.3) is 5.69 Å². The van der Waals surface area contributed by atoms with Crippen molar-refractivity contribution in [3.05, 3.63) is 68.8 Å². The van der Waals surface area contributed by atoms with Crippen LogP contribution in [-0.2, 0) is 0 Å². The van der Waals surface area contributed by atoms with Gasteiger partial charge >= 0.3 is 0 Å². The fourth-order valence-electron chi connectivity index (χ4n) is 5.26. The second-order valence-corrected chi connectivity index (χ2v) is 9.66. The molecule has 0 amide bonds. The molecule has 0 aliphatic heterocycles. The van der Waals surface area contributed by atoms with Crippen LogP contribution in [0.25, 0.3) is 0 Å². The monoisotopic (exact) mass is 464 g/mol. The van der Waals surface area contributed by atoms with Crippen LogP contribution in [-0.4, -0.2) is 16.5 Å². The minimum absolute atomic E-state index is 0.0851. The van der Waals surface area contributed by atoms with Gasteiger partial charge in [0.05, 0.1) is 4.92 Å². The van der Waals surface area contributed by atoms with Crippen molar-refractivity contribution in [1.82, 2.24) is 0 Å². The third kappa shape index (κ3) is 6.52. The first kappa shape index (κ1) is 25.6. The fourth-order valence-corrected chi connectivity index (χ4v) is 5.26. The summed E-state index contributed by atoms with van der Waals surface area (Å²) in [6.45, 7) is 3.01. The zero-order valence-corrected chi connectivity index (χ0v) is 20.3. The van der Waals surface area contributed by atoms with E-state index < -0.39 is 0 Å². The Bertz CT molecular complexity index is 1030. The highest BCUT2D eigenvalue weighted by atomic mass is 16.6. The number of hydrogen-bond donors (Lipinski definition) is 1. The lowest BCUT2D eigenvalue weighted by molar-refractivity contribution is -0.385. The summed E-state index contributed by atoms with van der Waals surface area (Å²) < 4.78 is 0. The van der Waals surface area contributed by atoms with Crippen molar-refractivity contribution in [2.45, 2.75) is 89.9 Å². The lowest BCUT2D eigenvalue weighted by Crippen LogP contribution is -2.08. The summed E-state index contributed by atoms with van der Waals surface area (Å²) in [4.78, 5) is 33.3. The molecule has 0 spiro atoms. The molecule has 2 N–H and O–H groups in total. The maximum atomic E-state index is 11.3.